The number of rotatable bonds is 7. The van der Waals surface area contributed by atoms with Crippen LogP contribution < -0.4 is 0 Å². The minimum Gasteiger partial charge on any atom is -0.469 e. The van der Waals surface area contributed by atoms with Gasteiger partial charge in [-0.25, -0.2) is 4.98 Å². The van der Waals surface area contributed by atoms with Gasteiger partial charge in [-0.2, -0.15) is 0 Å². The van der Waals surface area contributed by atoms with Crippen molar-refractivity contribution in [1.29, 1.82) is 0 Å². The monoisotopic (exact) mass is 410 g/mol. The smallest absolute Gasteiger partial charge is 0.191 e. The summed E-state index contributed by atoms with van der Waals surface area (Å²) in [5.74, 6) is 2.51. The number of thiazole rings is 1. The van der Waals surface area contributed by atoms with Crippen LogP contribution in [0, 0.1) is 13.8 Å². The first-order valence-electron chi connectivity index (χ1n) is 9.27. The van der Waals surface area contributed by atoms with Crippen molar-refractivity contribution in [3.8, 4) is 22.0 Å². The first-order chi connectivity index (χ1) is 13.7. The Bertz CT molecular complexity index is 1080. The molecule has 28 heavy (non-hydrogen) atoms. The third kappa shape index (κ3) is 3.91. The summed E-state index contributed by atoms with van der Waals surface area (Å²) in [5, 5.41) is 13.0. The van der Waals surface area contributed by atoms with Crippen molar-refractivity contribution in [3.05, 3.63) is 59.0 Å². The van der Waals surface area contributed by atoms with Crippen LogP contribution in [0.25, 0.3) is 22.0 Å². The molecule has 0 amide bonds. The van der Waals surface area contributed by atoms with E-state index < -0.39 is 0 Å². The third-order valence-corrected chi connectivity index (χ3v) is 6.37. The normalized spacial score (nSPS) is 11.2. The molecule has 0 aliphatic rings. The van der Waals surface area contributed by atoms with Crippen LogP contribution in [0.3, 0.4) is 0 Å². The van der Waals surface area contributed by atoms with Gasteiger partial charge in [0.25, 0.3) is 0 Å². The zero-order valence-electron chi connectivity index (χ0n) is 16.2. The number of hydrogen-bond acceptors (Lipinski definition) is 6. The molecule has 7 heteroatoms. The van der Waals surface area contributed by atoms with E-state index in [1.165, 1.54) is 11.1 Å². The largest absolute Gasteiger partial charge is 0.469 e. The zero-order chi connectivity index (χ0) is 19.5. The molecule has 1 aromatic carbocycles. The Morgan fingerprint density at radius 3 is 2.82 bits per heavy atom. The predicted octanol–water partition coefficient (Wildman–Crippen LogP) is 5.98. The van der Waals surface area contributed by atoms with Gasteiger partial charge in [0.2, 0.25) is 0 Å². The molecule has 0 atom stereocenters. The van der Waals surface area contributed by atoms with Gasteiger partial charge in [-0.05, 0) is 32.4 Å². The maximum absolute atomic E-state index is 5.45. The molecular formula is C21H22N4OS2. The number of hydrogen-bond donors (Lipinski definition) is 0. The lowest BCUT2D eigenvalue weighted by Crippen LogP contribution is -2.02. The van der Waals surface area contributed by atoms with E-state index >= 15 is 0 Å². The number of aryl methyl sites for hydroxylation is 2. The van der Waals surface area contributed by atoms with Crippen molar-refractivity contribution in [1.82, 2.24) is 19.7 Å². The van der Waals surface area contributed by atoms with Crippen LogP contribution in [0.1, 0.15) is 30.4 Å². The molecule has 5 nitrogen and oxygen atoms in total. The number of furan rings is 1. The van der Waals surface area contributed by atoms with Crippen molar-refractivity contribution in [3.63, 3.8) is 0 Å². The third-order valence-electron chi connectivity index (χ3n) is 4.43. The van der Waals surface area contributed by atoms with E-state index in [2.05, 4.69) is 58.3 Å². The van der Waals surface area contributed by atoms with Gasteiger partial charge < -0.3 is 8.98 Å². The van der Waals surface area contributed by atoms with Crippen molar-refractivity contribution in [2.75, 3.05) is 0 Å². The molecule has 0 radical (unpaired) electrons. The Balaban J connectivity index is 1.53. The number of benzene rings is 1. The first kappa shape index (κ1) is 19.0. The molecule has 0 aliphatic carbocycles. The number of thioether (sulfide) groups is 1. The average molecular weight is 411 g/mol. The van der Waals surface area contributed by atoms with E-state index in [4.69, 9.17) is 9.40 Å². The molecule has 144 valence electrons. The number of aromatic nitrogens is 4. The molecule has 0 N–H and O–H groups in total. The van der Waals surface area contributed by atoms with E-state index in [9.17, 15) is 0 Å². The van der Waals surface area contributed by atoms with Crippen LogP contribution in [-0.2, 0) is 12.3 Å². The fourth-order valence-corrected chi connectivity index (χ4v) is 4.84. The molecule has 3 aromatic heterocycles. The Hall–Kier alpha value is -2.38. The van der Waals surface area contributed by atoms with Gasteiger partial charge in [-0.3, -0.25) is 0 Å². The lowest BCUT2D eigenvalue weighted by molar-refractivity contribution is 0.534. The van der Waals surface area contributed by atoms with Crippen molar-refractivity contribution >= 4 is 23.1 Å². The fraction of sp³-hybridized carbons (Fsp3) is 0.286. The van der Waals surface area contributed by atoms with Gasteiger partial charge in [0.15, 0.2) is 11.0 Å². The van der Waals surface area contributed by atoms with Crippen LogP contribution >= 0.6 is 23.1 Å². The number of nitrogens with zero attached hydrogens (tertiary/aromatic N) is 4. The Morgan fingerprint density at radius 1 is 1.18 bits per heavy atom. The second kappa shape index (κ2) is 8.32. The maximum Gasteiger partial charge on any atom is 0.191 e. The average Bonchev–Trinajstić information content (AvgIpc) is 3.40. The highest BCUT2D eigenvalue weighted by molar-refractivity contribution is 7.98. The van der Waals surface area contributed by atoms with E-state index in [1.54, 1.807) is 29.4 Å². The molecule has 0 fully saturated rings. The molecule has 4 aromatic rings. The molecule has 3 heterocycles. The summed E-state index contributed by atoms with van der Waals surface area (Å²) < 4.78 is 7.62. The second-order valence-electron chi connectivity index (χ2n) is 6.65. The topological polar surface area (TPSA) is 56.7 Å². The van der Waals surface area contributed by atoms with Crippen LogP contribution in [-0.4, -0.2) is 19.7 Å². The van der Waals surface area contributed by atoms with E-state index in [0.717, 1.165) is 51.7 Å². The standard InChI is InChI=1S/C21H22N4OS2/c1-4-9-25-19(18-8-10-26-15(18)3)23-24-21(25)28-13-17-12-27-20(22-17)16-7-5-6-14(2)11-16/h5-8,10-12H,4,9,13H2,1-3H3. The van der Waals surface area contributed by atoms with Crippen molar-refractivity contribution in [2.24, 2.45) is 0 Å². The van der Waals surface area contributed by atoms with Crippen molar-refractivity contribution < 1.29 is 4.42 Å². The summed E-state index contributed by atoms with van der Waals surface area (Å²) in [7, 11) is 0. The summed E-state index contributed by atoms with van der Waals surface area (Å²) in [6, 6.07) is 10.4. The Kier molecular flexibility index (Phi) is 5.64. The van der Waals surface area contributed by atoms with Crippen LogP contribution in [0.2, 0.25) is 0 Å². The highest BCUT2D eigenvalue weighted by Crippen LogP contribution is 2.31. The van der Waals surface area contributed by atoms with Gasteiger partial charge in [-0.1, -0.05) is 42.4 Å². The lowest BCUT2D eigenvalue weighted by Gasteiger charge is -2.07. The highest BCUT2D eigenvalue weighted by Gasteiger charge is 2.17. The molecule has 4 rings (SSSR count). The van der Waals surface area contributed by atoms with Gasteiger partial charge in [0.05, 0.1) is 17.5 Å². The highest BCUT2D eigenvalue weighted by atomic mass is 32.2. The van der Waals surface area contributed by atoms with E-state index in [-0.39, 0.29) is 0 Å². The molecule has 0 saturated heterocycles. The molecular weight excluding hydrogens is 388 g/mol. The van der Waals surface area contributed by atoms with E-state index in [1.807, 2.05) is 13.0 Å². The van der Waals surface area contributed by atoms with Crippen LogP contribution in [0.4, 0.5) is 0 Å². The maximum atomic E-state index is 5.45. The molecule has 0 unspecified atom stereocenters. The van der Waals surface area contributed by atoms with Gasteiger partial charge in [-0.15, -0.1) is 21.5 Å². The van der Waals surface area contributed by atoms with Gasteiger partial charge in [0.1, 0.15) is 10.8 Å². The Labute approximate surface area is 172 Å². The fourth-order valence-electron chi connectivity index (χ4n) is 3.06. The van der Waals surface area contributed by atoms with Crippen LogP contribution in [0.15, 0.2) is 51.5 Å². The first-order valence-corrected chi connectivity index (χ1v) is 11.1. The second-order valence-corrected chi connectivity index (χ2v) is 8.45. The van der Waals surface area contributed by atoms with Crippen LogP contribution in [0.5, 0.6) is 0 Å². The Morgan fingerprint density at radius 2 is 2.07 bits per heavy atom. The quantitative estimate of drug-likeness (QED) is 0.351. The molecule has 0 aliphatic heterocycles. The van der Waals surface area contributed by atoms with E-state index in [0.29, 0.717) is 0 Å². The molecule has 0 spiro atoms. The summed E-state index contributed by atoms with van der Waals surface area (Å²) >= 11 is 3.37. The van der Waals surface area contributed by atoms with Crippen molar-refractivity contribution in [2.45, 2.75) is 44.6 Å². The zero-order valence-corrected chi connectivity index (χ0v) is 17.8. The SMILES string of the molecule is CCCn1c(SCc2csc(-c3cccc(C)c3)n2)nnc1-c1ccoc1C. The summed E-state index contributed by atoms with van der Waals surface area (Å²) in [5.41, 5.74) is 4.49. The predicted molar refractivity (Wildman–Crippen MR) is 115 cm³/mol. The summed E-state index contributed by atoms with van der Waals surface area (Å²) in [6.07, 6.45) is 2.72. The lowest BCUT2D eigenvalue weighted by atomic mass is 10.1. The summed E-state index contributed by atoms with van der Waals surface area (Å²) in [4.78, 5) is 4.81. The van der Waals surface area contributed by atoms with Gasteiger partial charge in [0, 0.05) is 23.2 Å². The summed E-state index contributed by atoms with van der Waals surface area (Å²) in [6.45, 7) is 7.10. The molecule has 0 bridgehead atoms. The minimum atomic E-state index is 0.772. The molecule has 0 saturated carbocycles. The minimum absolute atomic E-state index is 0.772. The van der Waals surface area contributed by atoms with Gasteiger partial charge >= 0.3 is 0 Å².